The lowest BCUT2D eigenvalue weighted by Gasteiger charge is -2.10. The van der Waals surface area contributed by atoms with Crippen molar-refractivity contribution in [3.8, 4) is 6.08 Å². The average Bonchev–Trinajstić information content (AvgIpc) is 2.63. The molecule has 6 nitrogen and oxygen atoms in total. The summed E-state index contributed by atoms with van der Waals surface area (Å²) in [4.78, 5) is 14.1. The molecule has 0 spiro atoms. The van der Waals surface area contributed by atoms with Gasteiger partial charge in [-0.1, -0.05) is 0 Å². The van der Waals surface area contributed by atoms with Crippen LogP contribution in [0.5, 0.6) is 6.08 Å². The fraction of sp³-hybridized carbons (Fsp3) is 0.556. The summed E-state index contributed by atoms with van der Waals surface area (Å²) >= 11 is 0. The summed E-state index contributed by atoms with van der Waals surface area (Å²) in [6.45, 7) is 4.65. The number of ether oxygens (including phenoxy) is 2. The van der Waals surface area contributed by atoms with Gasteiger partial charge >= 0.3 is 12.0 Å². The van der Waals surface area contributed by atoms with Gasteiger partial charge in [0, 0.05) is 6.61 Å². The van der Waals surface area contributed by atoms with Gasteiger partial charge in [0.15, 0.2) is 5.69 Å². The zero-order valence-electron chi connectivity index (χ0n) is 8.60. The second-order valence-electron chi connectivity index (χ2n) is 2.89. The van der Waals surface area contributed by atoms with Crippen molar-refractivity contribution in [2.75, 3.05) is 13.2 Å². The quantitative estimate of drug-likeness (QED) is 0.767. The average molecular weight is 215 g/mol. The lowest BCUT2D eigenvalue weighted by molar-refractivity contribution is 0.0493. The molecule has 6 heteroatoms. The van der Waals surface area contributed by atoms with Crippen LogP contribution in [0.25, 0.3) is 0 Å². The standard InChI is InChI=1S/C9H13NO5/c1-3-13-4-6(2)15-9-10-7(5-14-9)8(11)12/h5-6H,3-4H2,1-2H3,(H,11,12). The molecule has 1 aromatic heterocycles. The highest BCUT2D eigenvalue weighted by Gasteiger charge is 2.13. The second kappa shape index (κ2) is 5.35. The van der Waals surface area contributed by atoms with E-state index in [2.05, 4.69) is 4.98 Å². The van der Waals surface area contributed by atoms with Gasteiger partial charge in [0.2, 0.25) is 0 Å². The van der Waals surface area contributed by atoms with Crippen LogP contribution < -0.4 is 4.74 Å². The number of carboxylic acids is 1. The highest BCUT2D eigenvalue weighted by atomic mass is 16.6. The minimum Gasteiger partial charge on any atom is -0.476 e. The topological polar surface area (TPSA) is 81.8 Å². The van der Waals surface area contributed by atoms with Gasteiger partial charge in [-0.25, -0.2) is 4.79 Å². The monoisotopic (exact) mass is 215 g/mol. The number of aromatic nitrogens is 1. The third-order valence-electron chi connectivity index (χ3n) is 1.56. The van der Waals surface area contributed by atoms with Gasteiger partial charge < -0.3 is 19.0 Å². The lowest BCUT2D eigenvalue weighted by Crippen LogP contribution is -2.19. The van der Waals surface area contributed by atoms with Crippen LogP contribution in [0.3, 0.4) is 0 Å². The first-order valence-electron chi connectivity index (χ1n) is 4.56. The van der Waals surface area contributed by atoms with E-state index in [1.165, 1.54) is 0 Å². The summed E-state index contributed by atoms with van der Waals surface area (Å²) in [5.74, 6) is -1.15. The molecule has 0 saturated heterocycles. The minimum atomic E-state index is -1.15. The molecule has 1 unspecified atom stereocenters. The van der Waals surface area contributed by atoms with Gasteiger partial charge in [-0.15, -0.1) is 0 Å². The Balaban J connectivity index is 2.46. The molecule has 1 rings (SSSR count). The third-order valence-corrected chi connectivity index (χ3v) is 1.56. The van der Waals surface area contributed by atoms with Crippen LogP contribution in [0, 0.1) is 0 Å². The Bertz CT molecular complexity index is 322. The normalized spacial score (nSPS) is 12.4. The smallest absolute Gasteiger partial charge is 0.394 e. The van der Waals surface area contributed by atoms with Crippen LogP contribution in [-0.2, 0) is 4.74 Å². The van der Waals surface area contributed by atoms with Crippen LogP contribution >= 0.6 is 0 Å². The first-order valence-corrected chi connectivity index (χ1v) is 4.56. The summed E-state index contributed by atoms with van der Waals surface area (Å²) in [5, 5.41) is 8.57. The van der Waals surface area contributed by atoms with Gasteiger partial charge in [-0.3, -0.25) is 0 Å². The summed E-state index contributed by atoms with van der Waals surface area (Å²) in [6, 6.07) is 0. The van der Waals surface area contributed by atoms with Crippen molar-refractivity contribution in [2.24, 2.45) is 0 Å². The van der Waals surface area contributed by atoms with E-state index in [0.29, 0.717) is 13.2 Å². The summed E-state index contributed by atoms with van der Waals surface area (Å²) in [7, 11) is 0. The van der Waals surface area contributed by atoms with Gasteiger partial charge in [-0.2, -0.15) is 4.98 Å². The largest absolute Gasteiger partial charge is 0.476 e. The number of aromatic carboxylic acids is 1. The van der Waals surface area contributed by atoms with Crippen molar-refractivity contribution in [2.45, 2.75) is 20.0 Å². The van der Waals surface area contributed by atoms with Gasteiger partial charge in [0.25, 0.3) is 0 Å². The Morgan fingerprint density at radius 2 is 2.47 bits per heavy atom. The Morgan fingerprint density at radius 1 is 1.73 bits per heavy atom. The Kier molecular flexibility index (Phi) is 4.11. The molecule has 15 heavy (non-hydrogen) atoms. The molecule has 0 aliphatic heterocycles. The second-order valence-corrected chi connectivity index (χ2v) is 2.89. The van der Waals surface area contributed by atoms with Crippen LogP contribution in [0.4, 0.5) is 0 Å². The van der Waals surface area contributed by atoms with E-state index in [0.717, 1.165) is 6.26 Å². The number of nitrogens with zero attached hydrogens (tertiary/aromatic N) is 1. The maximum atomic E-state index is 10.5. The molecule has 0 bridgehead atoms. The molecule has 1 N–H and O–H groups in total. The predicted octanol–water partition coefficient (Wildman–Crippen LogP) is 1.18. The number of carbonyl (C=O) groups is 1. The number of hydrogen-bond acceptors (Lipinski definition) is 5. The van der Waals surface area contributed by atoms with Crippen molar-refractivity contribution >= 4 is 5.97 Å². The van der Waals surface area contributed by atoms with E-state index in [1.54, 1.807) is 6.92 Å². The molecule has 0 fully saturated rings. The minimum absolute atomic E-state index is 0.0559. The Labute approximate surface area is 86.8 Å². The van der Waals surface area contributed by atoms with E-state index in [-0.39, 0.29) is 17.9 Å². The van der Waals surface area contributed by atoms with Gasteiger partial charge in [-0.05, 0) is 13.8 Å². The molecular formula is C9H13NO5. The van der Waals surface area contributed by atoms with Crippen molar-refractivity contribution in [1.29, 1.82) is 0 Å². The van der Waals surface area contributed by atoms with Crippen LogP contribution in [0.15, 0.2) is 10.7 Å². The van der Waals surface area contributed by atoms with E-state index >= 15 is 0 Å². The molecule has 0 radical (unpaired) electrons. The van der Waals surface area contributed by atoms with Gasteiger partial charge in [0.1, 0.15) is 12.4 Å². The number of carboxylic acid groups (broad SMARTS) is 1. The third kappa shape index (κ3) is 3.59. The molecule has 0 saturated carbocycles. The summed E-state index contributed by atoms with van der Waals surface area (Å²) in [5.41, 5.74) is -0.173. The summed E-state index contributed by atoms with van der Waals surface area (Å²) in [6.07, 6.45) is 0.746. The lowest BCUT2D eigenvalue weighted by atomic mass is 10.4. The fourth-order valence-electron chi connectivity index (χ4n) is 0.900. The number of hydrogen-bond donors (Lipinski definition) is 1. The molecule has 84 valence electrons. The summed E-state index contributed by atoms with van der Waals surface area (Å²) < 4.78 is 15.1. The fourth-order valence-corrected chi connectivity index (χ4v) is 0.900. The highest BCUT2D eigenvalue weighted by molar-refractivity contribution is 5.84. The molecule has 0 aliphatic rings. The van der Waals surface area contributed by atoms with E-state index < -0.39 is 5.97 Å². The van der Waals surface area contributed by atoms with Crippen molar-refractivity contribution < 1.29 is 23.8 Å². The molecule has 0 aliphatic carbocycles. The maximum absolute atomic E-state index is 10.5. The van der Waals surface area contributed by atoms with Crippen molar-refractivity contribution in [3.63, 3.8) is 0 Å². The zero-order chi connectivity index (χ0) is 11.3. The van der Waals surface area contributed by atoms with Crippen molar-refractivity contribution in [3.05, 3.63) is 12.0 Å². The zero-order valence-corrected chi connectivity index (χ0v) is 8.60. The van der Waals surface area contributed by atoms with E-state index in [1.807, 2.05) is 6.92 Å². The van der Waals surface area contributed by atoms with Crippen LogP contribution in [0.2, 0.25) is 0 Å². The van der Waals surface area contributed by atoms with Gasteiger partial charge in [0.05, 0.1) is 6.61 Å². The van der Waals surface area contributed by atoms with Crippen molar-refractivity contribution in [1.82, 2.24) is 4.98 Å². The Hall–Kier alpha value is -1.56. The highest BCUT2D eigenvalue weighted by Crippen LogP contribution is 2.11. The molecule has 1 atom stereocenters. The molecular weight excluding hydrogens is 202 g/mol. The molecule has 1 heterocycles. The number of oxazole rings is 1. The van der Waals surface area contributed by atoms with Crippen LogP contribution in [0.1, 0.15) is 24.3 Å². The molecule has 1 aromatic rings. The SMILES string of the molecule is CCOCC(C)Oc1nc(C(=O)O)co1. The first kappa shape index (κ1) is 11.5. The predicted molar refractivity (Wildman–Crippen MR) is 50.0 cm³/mol. The molecule has 0 amide bonds. The molecule has 0 aromatic carbocycles. The maximum Gasteiger partial charge on any atom is 0.394 e. The Morgan fingerprint density at radius 3 is 3.00 bits per heavy atom. The van der Waals surface area contributed by atoms with E-state index in [9.17, 15) is 4.79 Å². The number of rotatable bonds is 6. The van der Waals surface area contributed by atoms with Crippen LogP contribution in [-0.4, -0.2) is 35.4 Å². The van der Waals surface area contributed by atoms with E-state index in [4.69, 9.17) is 19.0 Å². The first-order chi connectivity index (χ1) is 7.13.